The Balaban J connectivity index is 2.22. The smallest absolute Gasteiger partial charge is 0.187 e. The van der Waals surface area contributed by atoms with Gasteiger partial charge in [-0.05, 0) is 39.0 Å². The topological polar surface area (TPSA) is 44.1 Å². The Morgan fingerprint density at radius 3 is 2.68 bits per heavy atom. The highest BCUT2D eigenvalue weighted by molar-refractivity contribution is 5.98. The Morgan fingerprint density at radius 2 is 2.05 bits per heavy atom. The van der Waals surface area contributed by atoms with Crippen molar-refractivity contribution in [3.8, 4) is 5.75 Å². The summed E-state index contributed by atoms with van der Waals surface area (Å²) in [6, 6.07) is 9.28. The van der Waals surface area contributed by atoms with E-state index in [1.165, 1.54) is 0 Å². The van der Waals surface area contributed by atoms with Crippen LogP contribution < -0.4 is 4.74 Å². The van der Waals surface area contributed by atoms with Crippen LogP contribution in [-0.2, 0) is 6.54 Å². The number of Topliss-reactive ketones (excluding diaryl/α,β-unsaturated/α-hetero) is 1. The highest BCUT2D eigenvalue weighted by Crippen LogP contribution is 2.19. The average molecular weight is 258 g/mol. The van der Waals surface area contributed by atoms with Gasteiger partial charge in [0.1, 0.15) is 12.3 Å². The Kier molecular flexibility index (Phi) is 4.00. The number of carbonyl (C=O) groups is 1. The molecule has 19 heavy (non-hydrogen) atoms. The molecular weight excluding hydrogens is 240 g/mol. The molecule has 0 N–H and O–H groups in total. The molecule has 0 aliphatic carbocycles. The summed E-state index contributed by atoms with van der Waals surface area (Å²) in [6.45, 7) is 6.56. The van der Waals surface area contributed by atoms with Gasteiger partial charge < -0.3 is 4.74 Å². The molecule has 1 aromatic carbocycles. The number of hydrogen-bond acceptors (Lipinski definition) is 3. The van der Waals surface area contributed by atoms with Gasteiger partial charge in [0.05, 0.1) is 17.9 Å². The molecule has 0 saturated heterocycles. The Morgan fingerprint density at radius 1 is 1.32 bits per heavy atom. The molecule has 4 heteroatoms. The zero-order chi connectivity index (χ0) is 13.8. The number of para-hydroxylation sites is 1. The normalized spacial score (nSPS) is 10.5. The second-order valence-electron chi connectivity index (χ2n) is 4.44. The number of ketones is 1. The summed E-state index contributed by atoms with van der Waals surface area (Å²) in [7, 11) is 0. The van der Waals surface area contributed by atoms with Crippen LogP contribution in [0.4, 0.5) is 0 Å². The fourth-order valence-corrected chi connectivity index (χ4v) is 2.03. The van der Waals surface area contributed by atoms with E-state index in [1.807, 2.05) is 45.0 Å². The molecule has 1 heterocycles. The van der Waals surface area contributed by atoms with Gasteiger partial charge in [0.2, 0.25) is 0 Å². The molecule has 0 aliphatic rings. The van der Waals surface area contributed by atoms with Gasteiger partial charge in [-0.1, -0.05) is 12.1 Å². The van der Waals surface area contributed by atoms with Crippen LogP contribution in [0.5, 0.6) is 5.75 Å². The van der Waals surface area contributed by atoms with Crippen LogP contribution in [-0.4, -0.2) is 22.2 Å². The molecule has 0 spiro atoms. The maximum atomic E-state index is 12.3. The van der Waals surface area contributed by atoms with Gasteiger partial charge in [0.15, 0.2) is 5.78 Å². The number of aryl methyl sites for hydroxylation is 2. The van der Waals surface area contributed by atoms with Crippen LogP contribution in [0.1, 0.15) is 28.7 Å². The molecule has 0 aliphatic heterocycles. The first-order valence-electron chi connectivity index (χ1n) is 6.38. The predicted octanol–water partition coefficient (Wildman–Crippen LogP) is 2.78. The number of aromatic nitrogens is 2. The molecule has 0 unspecified atom stereocenters. The van der Waals surface area contributed by atoms with E-state index in [9.17, 15) is 4.79 Å². The molecule has 4 nitrogen and oxygen atoms in total. The number of hydrogen-bond donors (Lipinski definition) is 0. The fourth-order valence-electron chi connectivity index (χ4n) is 2.03. The molecule has 0 fully saturated rings. The van der Waals surface area contributed by atoms with E-state index in [4.69, 9.17) is 4.74 Å². The van der Waals surface area contributed by atoms with Gasteiger partial charge in [-0.15, -0.1) is 0 Å². The van der Waals surface area contributed by atoms with Crippen molar-refractivity contribution in [2.45, 2.75) is 27.3 Å². The Labute approximate surface area is 113 Å². The lowest BCUT2D eigenvalue weighted by Gasteiger charge is -2.09. The monoisotopic (exact) mass is 258 g/mol. The maximum absolute atomic E-state index is 12.3. The van der Waals surface area contributed by atoms with E-state index >= 15 is 0 Å². The third-order valence-corrected chi connectivity index (χ3v) is 2.88. The van der Waals surface area contributed by atoms with Crippen molar-refractivity contribution in [3.05, 3.63) is 47.3 Å². The van der Waals surface area contributed by atoms with Crippen molar-refractivity contribution in [1.82, 2.24) is 9.78 Å². The highest BCUT2D eigenvalue weighted by Gasteiger charge is 2.14. The molecule has 0 radical (unpaired) electrons. The molecule has 1 aromatic heterocycles. The quantitative estimate of drug-likeness (QED) is 0.775. The molecule has 0 bridgehead atoms. The van der Waals surface area contributed by atoms with Gasteiger partial charge in [0.25, 0.3) is 0 Å². The largest absolute Gasteiger partial charge is 0.493 e. The van der Waals surface area contributed by atoms with E-state index < -0.39 is 0 Å². The van der Waals surface area contributed by atoms with E-state index in [0.29, 0.717) is 17.9 Å². The van der Waals surface area contributed by atoms with Gasteiger partial charge in [-0.25, -0.2) is 0 Å². The molecule has 0 saturated carbocycles. The summed E-state index contributed by atoms with van der Waals surface area (Å²) in [5.41, 5.74) is 2.51. The zero-order valence-electron chi connectivity index (χ0n) is 11.5. The average Bonchev–Trinajstić information content (AvgIpc) is 2.69. The summed E-state index contributed by atoms with van der Waals surface area (Å²) in [6.07, 6.45) is 0. The van der Waals surface area contributed by atoms with Crippen molar-refractivity contribution >= 4 is 5.78 Å². The minimum absolute atomic E-state index is 0.00949. The number of carbonyl (C=O) groups excluding carboxylic acids is 1. The van der Waals surface area contributed by atoms with Crippen LogP contribution in [0.2, 0.25) is 0 Å². The van der Waals surface area contributed by atoms with Crippen LogP contribution in [0.15, 0.2) is 30.3 Å². The standard InChI is InChI=1S/C15H18N2O2/c1-4-19-15-8-6-5-7-13(15)14(18)10-17-12(3)9-11(2)16-17/h5-9H,4,10H2,1-3H3. The predicted molar refractivity (Wildman–Crippen MR) is 73.6 cm³/mol. The first-order valence-corrected chi connectivity index (χ1v) is 6.38. The number of rotatable bonds is 5. The number of benzene rings is 1. The van der Waals surface area contributed by atoms with Crippen LogP contribution in [0, 0.1) is 13.8 Å². The molecule has 2 aromatic rings. The molecular formula is C15H18N2O2. The van der Waals surface area contributed by atoms with Crippen LogP contribution in [0.3, 0.4) is 0 Å². The maximum Gasteiger partial charge on any atom is 0.187 e. The lowest BCUT2D eigenvalue weighted by atomic mass is 10.1. The second kappa shape index (κ2) is 5.69. The lowest BCUT2D eigenvalue weighted by molar-refractivity contribution is 0.0963. The summed E-state index contributed by atoms with van der Waals surface area (Å²) < 4.78 is 7.20. The number of nitrogens with zero attached hydrogens (tertiary/aromatic N) is 2. The van der Waals surface area contributed by atoms with Gasteiger partial charge in [-0.3, -0.25) is 9.48 Å². The van der Waals surface area contributed by atoms with Crippen molar-refractivity contribution in [2.24, 2.45) is 0 Å². The van der Waals surface area contributed by atoms with E-state index in [-0.39, 0.29) is 12.3 Å². The summed E-state index contributed by atoms with van der Waals surface area (Å²) in [5.74, 6) is 0.645. The van der Waals surface area contributed by atoms with Crippen molar-refractivity contribution < 1.29 is 9.53 Å². The van der Waals surface area contributed by atoms with Crippen molar-refractivity contribution in [2.75, 3.05) is 6.61 Å². The zero-order valence-corrected chi connectivity index (χ0v) is 11.5. The molecule has 100 valence electrons. The lowest BCUT2D eigenvalue weighted by Crippen LogP contribution is -2.14. The second-order valence-corrected chi connectivity index (χ2v) is 4.44. The fraction of sp³-hybridized carbons (Fsp3) is 0.333. The van der Waals surface area contributed by atoms with Gasteiger partial charge in [-0.2, -0.15) is 5.10 Å². The third-order valence-electron chi connectivity index (χ3n) is 2.88. The van der Waals surface area contributed by atoms with Gasteiger partial charge >= 0.3 is 0 Å². The van der Waals surface area contributed by atoms with E-state index in [2.05, 4.69) is 5.10 Å². The van der Waals surface area contributed by atoms with Gasteiger partial charge in [0, 0.05) is 5.69 Å². The molecule has 0 atom stereocenters. The molecule has 2 rings (SSSR count). The summed E-state index contributed by atoms with van der Waals surface area (Å²) >= 11 is 0. The minimum atomic E-state index is 0.00949. The van der Waals surface area contributed by atoms with E-state index in [1.54, 1.807) is 10.7 Å². The summed E-state index contributed by atoms with van der Waals surface area (Å²) in [5, 5.41) is 4.31. The van der Waals surface area contributed by atoms with Crippen molar-refractivity contribution in [3.63, 3.8) is 0 Å². The molecule has 0 amide bonds. The first-order chi connectivity index (χ1) is 9.11. The van der Waals surface area contributed by atoms with Crippen LogP contribution in [0.25, 0.3) is 0 Å². The Bertz CT molecular complexity index is 588. The Hall–Kier alpha value is -2.10. The first kappa shape index (κ1) is 13.3. The van der Waals surface area contributed by atoms with Crippen molar-refractivity contribution in [1.29, 1.82) is 0 Å². The van der Waals surface area contributed by atoms with E-state index in [0.717, 1.165) is 11.4 Å². The SMILES string of the molecule is CCOc1ccccc1C(=O)Cn1nc(C)cc1C. The highest BCUT2D eigenvalue weighted by atomic mass is 16.5. The minimum Gasteiger partial charge on any atom is -0.493 e. The third kappa shape index (κ3) is 3.02. The van der Waals surface area contributed by atoms with Crippen LogP contribution >= 0.6 is 0 Å². The number of ether oxygens (including phenoxy) is 1. The summed E-state index contributed by atoms with van der Waals surface area (Å²) in [4.78, 5) is 12.3.